The van der Waals surface area contributed by atoms with E-state index in [1.54, 1.807) is 6.08 Å². The van der Waals surface area contributed by atoms with Gasteiger partial charge in [-0.1, -0.05) is 61.9 Å². The van der Waals surface area contributed by atoms with Gasteiger partial charge in [0.1, 0.15) is 12.6 Å². The lowest BCUT2D eigenvalue weighted by Gasteiger charge is -2.18. The Kier molecular flexibility index (Phi) is 7.39. The number of para-hydroxylation sites is 1. The summed E-state index contributed by atoms with van der Waals surface area (Å²) in [5.41, 5.74) is 2.74. The third-order valence-electron chi connectivity index (χ3n) is 5.24. The zero-order chi connectivity index (χ0) is 20.6. The molecule has 1 heterocycles. The molecule has 0 fully saturated rings. The number of nitrogens with one attached hydrogen (secondary N) is 1. The number of carbonyl (C=O) groups excluding carboxylic acids is 1. The standard InChI is InChI=1S/C25H30N2O2/c1-3-4-16-26(2)18-22(28)19-27-17-21(23-12-8-9-13-24(23)27)14-15-25(29)20-10-6-5-7-11-20/h5-15,17,22,28H,3-4,16,18-19H2,1-2H3/p+1/b15-14+/t22-/m1/s1. The van der Waals surface area contributed by atoms with Crippen molar-refractivity contribution in [3.05, 3.63) is 78.0 Å². The highest BCUT2D eigenvalue weighted by Crippen LogP contribution is 2.23. The number of aliphatic hydroxyl groups excluding tert-OH is 1. The van der Waals surface area contributed by atoms with E-state index >= 15 is 0 Å². The average Bonchev–Trinajstić information content (AvgIpc) is 3.08. The van der Waals surface area contributed by atoms with Crippen molar-refractivity contribution < 1.29 is 14.8 Å². The first-order valence-electron chi connectivity index (χ1n) is 10.4. The summed E-state index contributed by atoms with van der Waals surface area (Å²) in [4.78, 5) is 13.8. The van der Waals surface area contributed by atoms with Gasteiger partial charge in [0.05, 0.1) is 20.1 Å². The normalized spacial score (nSPS) is 13.8. The lowest BCUT2D eigenvalue weighted by Crippen LogP contribution is -3.10. The molecule has 0 aliphatic heterocycles. The van der Waals surface area contributed by atoms with E-state index in [-0.39, 0.29) is 5.78 Å². The molecule has 2 N–H and O–H groups in total. The molecular weight excluding hydrogens is 360 g/mol. The van der Waals surface area contributed by atoms with Gasteiger partial charge in [0, 0.05) is 28.2 Å². The average molecular weight is 392 g/mol. The molecule has 0 radical (unpaired) electrons. The number of benzene rings is 2. The summed E-state index contributed by atoms with van der Waals surface area (Å²) >= 11 is 0. The van der Waals surface area contributed by atoms with Crippen molar-refractivity contribution in [2.45, 2.75) is 32.4 Å². The largest absolute Gasteiger partial charge is 0.385 e. The lowest BCUT2D eigenvalue weighted by atomic mass is 10.1. The number of nitrogens with zero attached hydrogens (tertiary/aromatic N) is 1. The number of aromatic nitrogens is 1. The minimum atomic E-state index is -0.412. The first-order valence-corrected chi connectivity index (χ1v) is 10.4. The molecule has 0 bridgehead atoms. The van der Waals surface area contributed by atoms with Crippen LogP contribution < -0.4 is 4.90 Å². The highest BCUT2D eigenvalue weighted by molar-refractivity contribution is 6.07. The minimum absolute atomic E-state index is 0.0105. The van der Waals surface area contributed by atoms with Crippen molar-refractivity contribution in [2.75, 3.05) is 20.1 Å². The number of allylic oxidation sites excluding steroid dienone is 1. The zero-order valence-electron chi connectivity index (χ0n) is 17.3. The molecule has 1 unspecified atom stereocenters. The number of carbonyl (C=O) groups is 1. The minimum Gasteiger partial charge on any atom is -0.385 e. The second kappa shape index (κ2) is 10.2. The van der Waals surface area contributed by atoms with E-state index < -0.39 is 6.10 Å². The van der Waals surface area contributed by atoms with Gasteiger partial charge >= 0.3 is 0 Å². The predicted molar refractivity (Wildman–Crippen MR) is 119 cm³/mol. The lowest BCUT2D eigenvalue weighted by molar-refractivity contribution is -0.883. The Balaban J connectivity index is 1.76. The summed E-state index contributed by atoms with van der Waals surface area (Å²) < 4.78 is 2.10. The van der Waals surface area contributed by atoms with Crippen molar-refractivity contribution in [3.8, 4) is 0 Å². The molecular formula is C25H31N2O2+. The number of ketones is 1. The third-order valence-corrected chi connectivity index (χ3v) is 5.24. The van der Waals surface area contributed by atoms with Crippen LogP contribution in [0.2, 0.25) is 0 Å². The van der Waals surface area contributed by atoms with Gasteiger partial charge < -0.3 is 14.6 Å². The molecule has 0 saturated carbocycles. The molecule has 4 nitrogen and oxygen atoms in total. The van der Waals surface area contributed by atoms with Gasteiger partial charge in [-0.2, -0.15) is 0 Å². The zero-order valence-corrected chi connectivity index (χ0v) is 17.3. The summed E-state index contributed by atoms with van der Waals surface area (Å²) in [6, 6.07) is 17.4. The van der Waals surface area contributed by atoms with Gasteiger partial charge in [0.25, 0.3) is 0 Å². The Hall–Kier alpha value is -2.69. The number of hydrogen-bond acceptors (Lipinski definition) is 2. The first-order chi connectivity index (χ1) is 14.1. The van der Waals surface area contributed by atoms with Crippen LogP contribution in [0.15, 0.2) is 66.9 Å². The summed E-state index contributed by atoms with van der Waals surface area (Å²) in [7, 11) is 2.13. The summed E-state index contributed by atoms with van der Waals surface area (Å²) in [5.74, 6) is -0.0105. The Labute approximate surface area is 173 Å². The van der Waals surface area contributed by atoms with E-state index in [4.69, 9.17) is 0 Å². The number of unbranched alkanes of at least 4 members (excludes halogenated alkanes) is 1. The molecule has 1 aromatic heterocycles. The van der Waals surface area contributed by atoms with Gasteiger partial charge in [-0.25, -0.2) is 0 Å². The van der Waals surface area contributed by atoms with Crippen molar-refractivity contribution in [1.29, 1.82) is 0 Å². The van der Waals surface area contributed by atoms with Crippen LogP contribution in [0.3, 0.4) is 0 Å². The monoisotopic (exact) mass is 391 g/mol. The van der Waals surface area contributed by atoms with Gasteiger partial charge in [0.2, 0.25) is 0 Å². The number of hydrogen-bond donors (Lipinski definition) is 2. The van der Waals surface area contributed by atoms with E-state index in [1.165, 1.54) is 17.7 Å². The van der Waals surface area contributed by atoms with Crippen molar-refractivity contribution in [1.82, 2.24) is 4.57 Å². The van der Waals surface area contributed by atoms with Crippen molar-refractivity contribution >= 4 is 22.8 Å². The fourth-order valence-electron chi connectivity index (χ4n) is 3.70. The first kappa shape index (κ1) is 21.0. The number of quaternary nitrogens is 1. The van der Waals surface area contributed by atoms with E-state index in [0.717, 1.165) is 29.6 Å². The van der Waals surface area contributed by atoms with Crippen LogP contribution in [0, 0.1) is 0 Å². The fraction of sp³-hybridized carbons (Fsp3) is 0.320. The fourth-order valence-corrected chi connectivity index (χ4v) is 3.70. The van der Waals surface area contributed by atoms with E-state index in [0.29, 0.717) is 12.1 Å². The molecule has 0 amide bonds. The Morgan fingerprint density at radius 3 is 2.62 bits per heavy atom. The van der Waals surface area contributed by atoms with Gasteiger partial charge in [-0.05, 0) is 24.6 Å². The molecule has 0 spiro atoms. The van der Waals surface area contributed by atoms with Gasteiger partial charge in [0.15, 0.2) is 5.78 Å². The molecule has 2 atom stereocenters. The second-order valence-corrected chi connectivity index (χ2v) is 7.74. The van der Waals surface area contributed by atoms with Crippen LogP contribution >= 0.6 is 0 Å². The maximum absolute atomic E-state index is 12.4. The van der Waals surface area contributed by atoms with Crippen LogP contribution in [-0.2, 0) is 6.54 Å². The summed E-state index contributed by atoms with van der Waals surface area (Å²) in [6.07, 6.45) is 7.47. The Morgan fingerprint density at radius 1 is 1.14 bits per heavy atom. The molecule has 4 heteroatoms. The summed E-state index contributed by atoms with van der Waals surface area (Å²) in [5, 5.41) is 11.7. The van der Waals surface area contributed by atoms with E-state index in [9.17, 15) is 9.90 Å². The van der Waals surface area contributed by atoms with Crippen molar-refractivity contribution in [2.24, 2.45) is 0 Å². The highest BCUT2D eigenvalue weighted by atomic mass is 16.3. The summed E-state index contributed by atoms with van der Waals surface area (Å²) in [6.45, 7) is 4.54. The smallest absolute Gasteiger partial charge is 0.185 e. The number of aliphatic hydroxyl groups is 1. The number of fused-ring (bicyclic) bond motifs is 1. The second-order valence-electron chi connectivity index (χ2n) is 7.74. The van der Waals surface area contributed by atoms with Gasteiger partial charge in [-0.3, -0.25) is 4.79 Å². The molecule has 3 aromatic rings. The maximum Gasteiger partial charge on any atom is 0.185 e. The topological polar surface area (TPSA) is 46.7 Å². The van der Waals surface area contributed by atoms with E-state index in [1.807, 2.05) is 54.7 Å². The Bertz CT molecular complexity index is 959. The van der Waals surface area contributed by atoms with Gasteiger partial charge in [-0.15, -0.1) is 0 Å². The van der Waals surface area contributed by atoms with E-state index in [2.05, 4.69) is 30.7 Å². The van der Waals surface area contributed by atoms with Crippen LogP contribution in [0.4, 0.5) is 0 Å². The quantitative estimate of drug-likeness (QED) is 0.412. The van der Waals surface area contributed by atoms with Crippen LogP contribution in [0.5, 0.6) is 0 Å². The molecule has 152 valence electrons. The third kappa shape index (κ3) is 5.66. The van der Waals surface area contributed by atoms with Crippen LogP contribution in [0.1, 0.15) is 35.7 Å². The predicted octanol–water partition coefficient (Wildman–Crippen LogP) is 3.21. The SMILES string of the molecule is CCCC[NH+](C)C[C@@H](O)Cn1cc(/C=C/C(=O)c2ccccc2)c2ccccc21. The molecule has 0 saturated heterocycles. The number of likely N-dealkylation sites (N-methyl/N-ethyl adjacent to an activating group) is 1. The number of rotatable bonds is 10. The van der Waals surface area contributed by atoms with Crippen molar-refractivity contribution in [3.63, 3.8) is 0 Å². The molecule has 2 aromatic carbocycles. The van der Waals surface area contributed by atoms with Crippen LogP contribution in [0.25, 0.3) is 17.0 Å². The highest BCUT2D eigenvalue weighted by Gasteiger charge is 2.14. The molecule has 0 aliphatic rings. The molecule has 29 heavy (non-hydrogen) atoms. The molecule has 0 aliphatic carbocycles. The molecule has 3 rings (SSSR count). The maximum atomic E-state index is 12.4. The Morgan fingerprint density at radius 2 is 1.86 bits per heavy atom. The van der Waals surface area contributed by atoms with Crippen LogP contribution in [-0.4, -0.2) is 41.7 Å².